The Labute approximate surface area is 173 Å². The van der Waals surface area contributed by atoms with E-state index in [1.54, 1.807) is 35.2 Å². The standard InChI is InChI=1S/C22H21FN2O5/c1-29-19-10-4-15(13-18(19)23)5-11-22(28)30-14-20(26)24-16-6-8-17(9-7-16)25-12-2-3-21(25)27/h4-11,13H,2-3,12,14H2,1H3,(H,24,26)/b11-5+. The molecular formula is C22H21FN2O5. The van der Waals surface area contributed by atoms with E-state index in [9.17, 15) is 18.8 Å². The van der Waals surface area contributed by atoms with Gasteiger partial charge >= 0.3 is 5.97 Å². The van der Waals surface area contributed by atoms with Crippen LogP contribution in [0.15, 0.2) is 48.5 Å². The van der Waals surface area contributed by atoms with Crippen molar-refractivity contribution in [1.82, 2.24) is 0 Å². The fraction of sp³-hybridized carbons (Fsp3) is 0.227. The van der Waals surface area contributed by atoms with Gasteiger partial charge in [0.1, 0.15) is 0 Å². The fourth-order valence-corrected chi connectivity index (χ4v) is 2.98. The van der Waals surface area contributed by atoms with Gasteiger partial charge in [0.05, 0.1) is 7.11 Å². The molecule has 0 atom stereocenters. The van der Waals surface area contributed by atoms with Crippen LogP contribution in [0.25, 0.3) is 6.08 Å². The molecule has 0 radical (unpaired) electrons. The van der Waals surface area contributed by atoms with Crippen LogP contribution in [0.3, 0.4) is 0 Å². The highest BCUT2D eigenvalue weighted by atomic mass is 19.1. The Bertz CT molecular complexity index is 972. The second-order valence-corrected chi connectivity index (χ2v) is 6.58. The molecular weight excluding hydrogens is 391 g/mol. The van der Waals surface area contributed by atoms with E-state index in [1.165, 1.54) is 25.3 Å². The predicted molar refractivity (Wildman–Crippen MR) is 110 cm³/mol. The minimum absolute atomic E-state index is 0.0872. The first-order valence-corrected chi connectivity index (χ1v) is 9.35. The molecule has 0 unspecified atom stereocenters. The number of hydrogen-bond acceptors (Lipinski definition) is 5. The van der Waals surface area contributed by atoms with Crippen LogP contribution in [0.5, 0.6) is 5.75 Å². The SMILES string of the molecule is COc1ccc(/C=C/C(=O)OCC(=O)Nc2ccc(N3CCCC3=O)cc2)cc1F. The largest absolute Gasteiger partial charge is 0.494 e. The molecule has 1 aliphatic heterocycles. The van der Waals surface area contributed by atoms with Gasteiger partial charge in [-0.3, -0.25) is 9.59 Å². The first-order chi connectivity index (χ1) is 14.5. The second kappa shape index (κ2) is 9.69. The van der Waals surface area contributed by atoms with Gasteiger partial charge in [0.2, 0.25) is 5.91 Å². The van der Waals surface area contributed by atoms with Gasteiger partial charge in [-0.1, -0.05) is 6.07 Å². The number of esters is 1. The third-order valence-electron chi connectivity index (χ3n) is 4.47. The first kappa shape index (κ1) is 21.0. The van der Waals surface area contributed by atoms with E-state index in [4.69, 9.17) is 9.47 Å². The van der Waals surface area contributed by atoms with Crippen molar-refractivity contribution < 1.29 is 28.2 Å². The van der Waals surface area contributed by atoms with Gasteiger partial charge in [0.25, 0.3) is 5.91 Å². The molecule has 0 aromatic heterocycles. The summed E-state index contributed by atoms with van der Waals surface area (Å²) in [5, 5.41) is 2.61. The third kappa shape index (κ3) is 5.44. The van der Waals surface area contributed by atoms with Crippen molar-refractivity contribution in [2.75, 3.05) is 30.5 Å². The highest BCUT2D eigenvalue weighted by molar-refractivity contribution is 5.97. The average Bonchev–Trinajstić information content (AvgIpc) is 3.17. The van der Waals surface area contributed by atoms with Crippen LogP contribution >= 0.6 is 0 Å². The topological polar surface area (TPSA) is 84.9 Å². The quantitative estimate of drug-likeness (QED) is 0.558. The average molecular weight is 412 g/mol. The number of anilines is 2. The van der Waals surface area contributed by atoms with Crippen molar-refractivity contribution in [2.45, 2.75) is 12.8 Å². The summed E-state index contributed by atoms with van der Waals surface area (Å²) in [5.41, 5.74) is 1.75. The van der Waals surface area contributed by atoms with Crippen molar-refractivity contribution >= 4 is 35.2 Å². The van der Waals surface area contributed by atoms with E-state index < -0.39 is 24.3 Å². The molecule has 1 N–H and O–H groups in total. The maximum absolute atomic E-state index is 13.6. The Balaban J connectivity index is 1.46. The van der Waals surface area contributed by atoms with Crippen molar-refractivity contribution in [3.8, 4) is 5.75 Å². The molecule has 0 saturated carbocycles. The Morgan fingerprint density at radius 1 is 1.20 bits per heavy atom. The smallest absolute Gasteiger partial charge is 0.331 e. The number of hydrogen-bond donors (Lipinski definition) is 1. The summed E-state index contributed by atoms with van der Waals surface area (Å²) in [4.78, 5) is 37.2. The van der Waals surface area contributed by atoms with Gasteiger partial charge in [0, 0.05) is 30.4 Å². The van der Waals surface area contributed by atoms with Gasteiger partial charge < -0.3 is 19.7 Å². The van der Waals surface area contributed by atoms with Crippen LogP contribution in [-0.2, 0) is 19.1 Å². The number of nitrogens with one attached hydrogen (secondary N) is 1. The lowest BCUT2D eigenvalue weighted by Gasteiger charge is -2.16. The summed E-state index contributed by atoms with van der Waals surface area (Å²) in [6.07, 6.45) is 3.87. The number of carbonyl (C=O) groups is 3. The lowest BCUT2D eigenvalue weighted by molar-refractivity contribution is -0.142. The molecule has 1 aliphatic rings. The molecule has 156 valence electrons. The maximum Gasteiger partial charge on any atom is 0.331 e. The van der Waals surface area contributed by atoms with Gasteiger partial charge in [-0.2, -0.15) is 0 Å². The number of amides is 2. The normalized spacial score (nSPS) is 13.5. The highest BCUT2D eigenvalue weighted by Crippen LogP contribution is 2.23. The Morgan fingerprint density at radius 2 is 1.97 bits per heavy atom. The van der Waals surface area contributed by atoms with Crippen LogP contribution in [0.1, 0.15) is 18.4 Å². The Hall–Kier alpha value is -3.68. The number of carbonyl (C=O) groups excluding carboxylic acids is 3. The number of methoxy groups -OCH3 is 1. The van der Waals surface area contributed by atoms with Crippen molar-refractivity contribution in [3.63, 3.8) is 0 Å². The van der Waals surface area contributed by atoms with Crippen LogP contribution in [0.2, 0.25) is 0 Å². The number of ether oxygens (including phenoxy) is 2. The van der Waals surface area contributed by atoms with Crippen LogP contribution < -0.4 is 15.0 Å². The van der Waals surface area contributed by atoms with Crippen LogP contribution in [0.4, 0.5) is 15.8 Å². The highest BCUT2D eigenvalue weighted by Gasteiger charge is 2.21. The summed E-state index contributed by atoms with van der Waals surface area (Å²) in [6.45, 7) is 0.226. The molecule has 1 fully saturated rings. The van der Waals surface area contributed by atoms with E-state index >= 15 is 0 Å². The number of benzene rings is 2. The van der Waals surface area contributed by atoms with Gasteiger partial charge in [-0.05, 0) is 54.5 Å². The molecule has 2 aromatic carbocycles. The minimum atomic E-state index is -0.732. The zero-order valence-corrected chi connectivity index (χ0v) is 16.4. The molecule has 30 heavy (non-hydrogen) atoms. The monoisotopic (exact) mass is 412 g/mol. The lowest BCUT2D eigenvalue weighted by atomic mass is 10.2. The fourth-order valence-electron chi connectivity index (χ4n) is 2.98. The van der Waals surface area contributed by atoms with E-state index in [2.05, 4.69) is 5.32 Å². The van der Waals surface area contributed by atoms with Gasteiger partial charge in [-0.25, -0.2) is 9.18 Å². The molecule has 0 bridgehead atoms. The van der Waals surface area contributed by atoms with Gasteiger partial charge in [-0.15, -0.1) is 0 Å². The Morgan fingerprint density at radius 3 is 2.60 bits per heavy atom. The first-order valence-electron chi connectivity index (χ1n) is 9.35. The van der Waals surface area contributed by atoms with Crippen LogP contribution in [0, 0.1) is 5.82 Å². The van der Waals surface area contributed by atoms with Crippen LogP contribution in [-0.4, -0.2) is 38.0 Å². The van der Waals surface area contributed by atoms with E-state index in [0.29, 0.717) is 24.2 Å². The second-order valence-electron chi connectivity index (χ2n) is 6.58. The molecule has 7 nitrogen and oxygen atoms in total. The summed E-state index contributed by atoms with van der Waals surface area (Å²) in [7, 11) is 1.36. The number of nitrogens with zero attached hydrogens (tertiary/aromatic N) is 1. The molecule has 8 heteroatoms. The predicted octanol–water partition coefficient (Wildman–Crippen LogP) is 3.16. The lowest BCUT2D eigenvalue weighted by Crippen LogP contribution is -2.23. The molecule has 2 aromatic rings. The molecule has 2 amide bonds. The van der Waals surface area contributed by atoms with Gasteiger partial charge in [0.15, 0.2) is 18.2 Å². The molecule has 1 saturated heterocycles. The number of halogens is 1. The molecule has 0 spiro atoms. The van der Waals surface area contributed by atoms with E-state index in [1.807, 2.05) is 0 Å². The summed E-state index contributed by atoms with van der Waals surface area (Å²) < 4.78 is 23.3. The minimum Gasteiger partial charge on any atom is -0.494 e. The zero-order valence-electron chi connectivity index (χ0n) is 16.4. The van der Waals surface area contributed by atoms with E-state index in [-0.39, 0.29) is 11.7 Å². The van der Waals surface area contributed by atoms with Crippen molar-refractivity contribution in [2.24, 2.45) is 0 Å². The zero-order chi connectivity index (χ0) is 21.5. The summed E-state index contributed by atoms with van der Waals surface area (Å²) >= 11 is 0. The molecule has 3 rings (SSSR count). The number of rotatable bonds is 7. The van der Waals surface area contributed by atoms with Crippen molar-refractivity contribution in [3.05, 3.63) is 59.9 Å². The summed E-state index contributed by atoms with van der Waals surface area (Å²) in [5.74, 6) is -1.59. The Kier molecular flexibility index (Phi) is 6.79. The van der Waals surface area contributed by atoms with Crippen molar-refractivity contribution in [1.29, 1.82) is 0 Å². The third-order valence-corrected chi connectivity index (χ3v) is 4.47. The summed E-state index contributed by atoms with van der Waals surface area (Å²) in [6, 6.07) is 11.1. The molecule has 0 aliphatic carbocycles. The maximum atomic E-state index is 13.6. The van der Waals surface area contributed by atoms with E-state index in [0.717, 1.165) is 18.2 Å². The molecule has 1 heterocycles.